The van der Waals surface area contributed by atoms with Crippen LogP contribution in [0.25, 0.3) is 10.4 Å². The number of rotatable bonds is 12. The zero-order chi connectivity index (χ0) is 29.4. The summed E-state index contributed by atoms with van der Waals surface area (Å²) < 4.78 is 0. The molecule has 0 bridgehead atoms. The number of benzene rings is 1. The van der Waals surface area contributed by atoms with Gasteiger partial charge in [0.2, 0.25) is 17.7 Å². The lowest BCUT2D eigenvalue weighted by molar-refractivity contribution is -0.144. The number of amides is 3. The fraction of sp³-hybridized carbons (Fsp3) is 0.613. The van der Waals surface area contributed by atoms with Crippen LogP contribution in [0.2, 0.25) is 0 Å². The third-order valence-corrected chi connectivity index (χ3v) is 8.39. The second-order valence-electron chi connectivity index (χ2n) is 12.2. The number of aryl methyl sites for hydroxylation is 1. The van der Waals surface area contributed by atoms with Crippen LogP contribution in [0.4, 0.5) is 0 Å². The van der Waals surface area contributed by atoms with Crippen LogP contribution in [0.3, 0.4) is 0 Å². The van der Waals surface area contributed by atoms with Crippen molar-refractivity contribution in [2.24, 2.45) is 5.41 Å². The summed E-state index contributed by atoms with van der Waals surface area (Å²) in [4.78, 5) is 47.0. The largest absolute Gasteiger partial charge is 0.348 e. The topological polar surface area (TPSA) is 103 Å². The number of carbonyl (C=O) groups is 3. The summed E-state index contributed by atoms with van der Waals surface area (Å²) in [5, 5.41) is 9.47. The predicted molar refractivity (Wildman–Crippen MR) is 162 cm³/mol. The molecule has 220 valence electrons. The smallest absolute Gasteiger partial charge is 0.246 e. The van der Waals surface area contributed by atoms with E-state index < -0.39 is 17.5 Å². The first-order valence-electron chi connectivity index (χ1n) is 14.5. The van der Waals surface area contributed by atoms with Gasteiger partial charge in [-0.05, 0) is 62.6 Å². The van der Waals surface area contributed by atoms with Crippen molar-refractivity contribution in [1.29, 1.82) is 0 Å². The Kier molecular flexibility index (Phi) is 11.3. The van der Waals surface area contributed by atoms with Crippen molar-refractivity contribution in [3.8, 4) is 10.4 Å². The molecule has 8 nitrogen and oxygen atoms in total. The quantitative estimate of drug-likeness (QED) is 0.313. The first-order valence-corrected chi connectivity index (χ1v) is 15.4. The van der Waals surface area contributed by atoms with E-state index in [1.165, 1.54) is 0 Å². The van der Waals surface area contributed by atoms with Crippen LogP contribution in [0.5, 0.6) is 0 Å². The van der Waals surface area contributed by atoms with E-state index in [2.05, 4.69) is 46.9 Å². The minimum atomic E-state index is -0.692. The zero-order valence-electron chi connectivity index (χ0n) is 25.2. The van der Waals surface area contributed by atoms with Gasteiger partial charge in [0.15, 0.2) is 0 Å². The first kappa shape index (κ1) is 31.7. The molecule has 0 aliphatic carbocycles. The van der Waals surface area contributed by atoms with Crippen molar-refractivity contribution in [3.05, 3.63) is 41.0 Å². The third-order valence-electron chi connectivity index (χ3n) is 7.42. The van der Waals surface area contributed by atoms with Crippen molar-refractivity contribution in [2.75, 3.05) is 13.1 Å². The average molecular weight is 570 g/mol. The fourth-order valence-corrected chi connectivity index (χ4v) is 5.86. The summed E-state index contributed by atoms with van der Waals surface area (Å²) >= 11 is 1.61. The molecular weight excluding hydrogens is 522 g/mol. The van der Waals surface area contributed by atoms with E-state index in [0.717, 1.165) is 47.5 Å². The molecule has 0 radical (unpaired) electrons. The molecule has 1 aliphatic rings. The normalized spacial score (nSPS) is 17.1. The van der Waals surface area contributed by atoms with Gasteiger partial charge in [-0.3, -0.25) is 14.4 Å². The van der Waals surface area contributed by atoms with Crippen molar-refractivity contribution in [2.45, 2.75) is 105 Å². The average Bonchev–Trinajstić information content (AvgIpc) is 3.55. The van der Waals surface area contributed by atoms with E-state index >= 15 is 0 Å². The monoisotopic (exact) mass is 569 g/mol. The molecule has 0 saturated carbocycles. The highest BCUT2D eigenvalue weighted by Gasteiger charge is 2.42. The van der Waals surface area contributed by atoms with E-state index in [0.29, 0.717) is 25.4 Å². The lowest BCUT2D eigenvalue weighted by Gasteiger charge is -2.35. The minimum Gasteiger partial charge on any atom is -0.348 e. The Balaban J connectivity index is 1.60. The Morgan fingerprint density at radius 2 is 1.77 bits per heavy atom. The number of nitrogens with zero attached hydrogens (tertiary/aromatic N) is 2. The van der Waals surface area contributed by atoms with E-state index in [1.807, 2.05) is 52.3 Å². The predicted octanol–water partition coefficient (Wildman–Crippen LogP) is 4.99. The molecule has 3 rings (SSSR count). The van der Waals surface area contributed by atoms with Gasteiger partial charge < -0.3 is 20.9 Å². The molecule has 9 heteroatoms. The highest BCUT2D eigenvalue weighted by molar-refractivity contribution is 7.13. The summed E-state index contributed by atoms with van der Waals surface area (Å²) in [5.74, 6) is -0.460. The second-order valence-corrected chi connectivity index (χ2v) is 13.1. The van der Waals surface area contributed by atoms with Gasteiger partial charge in [-0.1, -0.05) is 58.9 Å². The Morgan fingerprint density at radius 3 is 2.38 bits per heavy atom. The van der Waals surface area contributed by atoms with Gasteiger partial charge in [0.05, 0.1) is 22.1 Å². The molecule has 3 amide bonds. The van der Waals surface area contributed by atoms with Gasteiger partial charge in [0.25, 0.3) is 0 Å². The number of thiazole rings is 1. The van der Waals surface area contributed by atoms with Gasteiger partial charge in [0, 0.05) is 19.0 Å². The van der Waals surface area contributed by atoms with Crippen LogP contribution in [0.15, 0.2) is 29.8 Å². The molecule has 1 aliphatic heterocycles. The van der Waals surface area contributed by atoms with Crippen molar-refractivity contribution >= 4 is 29.1 Å². The standard InChI is InChI=1S/C31H47N5O3S/c1-20(2)32-17-9-8-12-26(37)35-28(31(5,6)7)30(39)36-18-10-11-25(36)29(38)34-21(3)23-13-15-24(16-14-23)27-22(4)33-19-40-27/h13-16,19-21,25,28,32H,8-12,17-18H2,1-7H3,(H,34,38)(H,35,37). The van der Waals surface area contributed by atoms with Crippen molar-refractivity contribution in [3.63, 3.8) is 0 Å². The van der Waals surface area contributed by atoms with Crippen LogP contribution in [-0.4, -0.2) is 58.8 Å². The molecule has 1 aromatic carbocycles. The van der Waals surface area contributed by atoms with Gasteiger partial charge in [-0.15, -0.1) is 11.3 Å². The van der Waals surface area contributed by atoms with Crippen molar-refractivity contribution in [1.82, 2.24) is 25.8 Å². The minimum absolute atomic E-state index is 0.122. The van der Waals surface area contributed by atoms with Crippen LogP contribution in [0, 0.1) is 12.3 Å². The number of hydrogen-bond donors (Lipinski definition) is 3. The summed E-state index contributed by atoms with van der Waals surface area (Å²) in [6.45, 7) is 15.4. The highest BCUT2D eigenvalue weighted by atomic mass is 32.1. The molecule has 2 aromatic rings. The summed E-state index contributed by atoms with van der Waals surface area (Å²) in [7, 11) is 0. The Labute approximate surface area is 243 Å². The van der Waals surface area contributed by atoms with E-state index in [1.54, 1.807) is 16.2 Å². The molecule has 0 spiro atoms. The summed E-state index contributed by atoms with van der Waals surface area (Å²) in [5.41, 5.74) is 4.48. The summed E-state index contributed by atoms with van der Waals surface area (Å²) in [6, 6.07) is 7.15. The number of hydrogen-bond acceptors (Lipinski definition) is 6. The van der Waals surface area contributed by atoms with E-state index in [9.17, 15) is 14.4 Å². The number of unbranched alkanes of at least 4 members (excludes halogenated alkanes) is 1. The Hall–Kier alpha value is -2.78. The summed E-state index contributed by atoms with van der Waals surface area (Å²) in [6.07, 6.45) is 3.41. The van der Waals surface area contributed by atoms with Crippen LogP contribution < -0.4 is 16.0 Å². The zero-order valence-corrected chi connectivity index (χ0v) is 26.0. The van der Waals surface area contributed by atoms with Crippen LogP contribution >= 0.6 is 11.3 Å². The maximum Gasteiger partial charge on any atom is 0.246 e. The Bertz CT molecular complexity index is 1140. The van der Waals surface area contributed by atoms with Crippen LogP contribution in [-0.2, 0) is 14.4 Å². The highest BCUT2D eigenvalue weighted by Crippen LogP contribution is 2.29. The lowest BCUT2D eigenvalue weighted by Crippen LogP contribution is -2.57. The number of likely N-dealkylation sites (tertiary alicyclic amines) is 1. The second kappa shape index (κ2) is 14.2. The lowest BCUT2D eigenvalue weighted by atomic mass is 9.85. The molecule has 1 fully saturated rings. The molecule has 40 heavy (non-hydrogen) atoms. The number of carbonyl (C=O) groups excluding carboxylic acids is 3. The molecular formula is C31H47N5O3S. The van der Waals surface area contributed by atoms with Gasteiger partial charge in [-0.25, -0.2) is 4.98 Å². The molecule has 3 unspecified atom stereocenters. The first-order chi connectivity index (χ1) is 18.9. The molecule has 1 saturated heterocycles. The number of nitrogens with one attached hydrogen (secondary N) is 3. The molecule has 2 heterocycles. The molecule has 3 N–H and O–H groups in total. The molecule has 1 aromatic heterocycles. The number of aromatic nitrogens is 1. The van der Waals surface area contributed by atoms with Gasteiger partial charge >= 0.3 is 0 Å². The van der Waals surface area contributed by atoms with E-state index in [4.69, 9.17) is 0 Å². The third kappa shape index (κ3) is 8.61. The van der Waals surface area contributed by atoms with Gasteiger partial charge in [0.1, 0.15) is 12.1 Å². The van der Waals surface area contributed by atoms with Crippen molar-refractivity contribution < 1.29 is 14.4 Å². The molecule has 3 atom stereocenters. The van der Waals surface area contributed by atoms with E-state index in [-0.39, 0.29) is 23.8 Å². The van der Waals surface area contributed by atoms with Gasteiger partial charge in [-0.2, -0.15) is 0 Å². The maximum absolute atomic E-state index is 13.7. The SMILES string of the molecule is Cc1ncsc1-c1ccc(C(C)NC(=O)C2CCCN2C(=O)C(NC(=O)CCCCNC(C)C)C(C)(C)C)cc1. The Morgan fingerprint density at radius 1 is 1.07 bits per heavy atom. The maximum atomic E-state index is 13.7. The van der Waals surface area contributed by atoms with Crippen LogP contribution in [0.1, 0.15) is 90.9 Å². The fourth-order valence-electron chi connectivity index (χ4n) is 5.05.